The summed E-state index contributed by atoms with van der Waals surface area (Å²) in [5.74, 6) is 1.95. The van der Waals surface area contributed by atoms with Crippen molar-refractivity contribution in [2.75, 3.05) is 22.9 Å². The van der Waals surface area contributed by atoms with Crippen molar-refractivity contribution in [1.82, 2.24) is 15.0 Å². The molecule has 0 aliphatic rings. The molecule has 3 heterocycles. The highest BCUT2D eigenvalue weighted by molar-refractivity contribution is 5.46. The Labute approximate surface area is 241 Å². The van der Waals surface area contributed by atoms with Crippen molar-refractivity contribution >= 4 is 28.8 Å². The smallest absolute Gasteiger partial charge is 0.269 e. The van der Waals surface area contributed by atoms with Crippen LogP contribution in [0.3, 0.4) is 0 Å². The molecule has 0 aliphatic carbocycles. The fourth-order valence-electron chi connectivity index (χ4n) is 3.22. The molecule has 0 radical (unpaired) electrons. The third-order valence-corrected chi connectivity index (χ3v) is 5.28. The van der Waals surface area contributed by atoms with Crippen LogP contribution >= 0.6 is 0 Å². The first kappa shape index (κ1) is 30.4. The number of aromatic hydroxyl groups is 1. The van der Waals surface area contributed by atoms with Crippen molar-refractivity contribution in [3.63, 3.8) is 0 Å². The number of hydrogen-bond acceptors (Lipinski definition) is 12. The minimum absolute atomic E-state index is 0.0347. The van der Waals surface area contributed by atoms with Crippen molar-refractivity contribution in [3.8, 4) is 17.2 Å². The molecule has 0 saturated carbocycles. The van der Waals surface area contributed by atoms with Crippen LogP contribution in [0.25, 0.3) is 0 Å². The fourth-order valence-corrected chi connectivity index (χ4v) is 3.22. The summed E-state index contributed by atoms with van der Waals surface area (Å²) in [5.41, 5.74) is 24.6. The Hall–Kier alpha value is -6.11. The lowest BCUT2D eigenvalue weighted by molar-refractivity contribution is -0.384. The van der Waals surface area contributed by atoms with E-state index in [9.17, 15) is 10.1 Å². The van der Waals surface area contributed by atoms with Gasteiger partial charge in [0.2, 0.25) is 0 Å². The van der Waals surface area contributed by atoms with Gasteiger partial charge in [-0.1, -0.05) is 24.3 Å². The van der Waals surface area contributed by atoms with Gasteiger partial charge in [0.25, 0.3) is 5.69 Å². The first-order chi connectivity index (χ1) is 20.2. The second kappa shape index (κ2) is 15.5. The van der Waals surface area contributed by atoms with Gasteiger partial charge < -0.3 is 37.5 Å². The number of nitrogens with two attached hydrogens (primary N) is 4. The lowest BCUT2D eigenvalue weighted by Gasteiger charge is -2.08. The second-order valence-corrected chi connectivity index (χ2v) is 8.43. The van der Waals surface area contributed by atoms with Gasteiger partial charge in [0.05, 0.1) is 4.92 Å². The molecule has 13 heteroatoms. The number of non-ortho nitro benzene ring substituents is 1. The lowest BCUT2D eigenvalue weighted by Crippen LogP contribution is -2.00. The molecule has 9 N–H and O–H groups in total. The molecule has 0 amide bonds. The summed E-state index contributed by atoms with van der Waals surface area (Å²) in [6, 6.07) is 23.9. The maximum Gasteiger partial charge on any atom is 0.269 e. The zero-order valence-electron chi connectivity index (χ0n) is 22.4. The monoisotopic (exact) mass is 570 g/mol. The molecule has 0 spiro atoms. The Kier molecular flexibility index (Phi) is 11.2. The average molecular weight is 571 g/mol. The number of nitro groups is 1. The van der Waals surface area contributed by atoms with E-state index in [1.807, 2.05) is 24.3 Å². The number of ether oxygens (including phenoxy) is 2. The molecule has 42 heavy (non-hydrogen) atoms. The van der Waals surface area contributed by atoms with E-state index in [-0.39, 0.29) is 23.9 Å². The third-order valence-electron chi connectivity index (χ3n) is 5.28. The predicted molar refractivity (Wildman–Crippen MR) is 160 cm³/mol. The van der Waals surface area contributed by atoms with Crippen molar-refractivity contribution in [1.29, 1.82) is 0 Å². The number of hydrogen-bond donors (Lipinski definition) is 5. The number of aromatic nitrogens is 3. The first-order valence-corrected chi connectivity index (χ1v) is 12.4. The Bertz CT molecular complexity index is 1580. The van der Waals surface area contributed by atoms with Crippen LogP contribution in [0, 0.1) is 10.1 Å². The van der Waals surface area contributed by atoms with Gasteiger partial charge in [0.1, 0.15) is 13.2 Å². The maximum absolute atomic E-state index is 10.6. The summed E-state index contributed by atoms with van der Waals surface area (Å²) in [6.45, 7) is 0.637. The molecular weight excluding hydrogens is 540 g/mol. The Morgan fingerprint density at radius 1 is 0.667 bits per heavy atom. The summed E-state index contributed by atoms with van der Waals surface area (Å²) in [7, 11) is 0. The van der Waals surface area contributed by atoms with Crippen LogP contribution in [-0.4, -0.2) is 25.0 Å². The minimum atomic E-state index is -0.443. The minimum Gasteiger partial charge on any atom is -0.504 e. The van der Waals surface area contributed by atoms with Crippen LogP contribution < -0.4 is 32.4 Å². The molecule has 5 rings (SSSR count). The van der Waals surface area contributed by atoms with Crippen LogP contribution in [0.5, 0.6) is 17.2 Å². The summed E-state index contributed by atoms with van der Waals surface area (Å²) in [6.07, 6.45) is 4.72. The summed E-state index contributed by atoms with van der Waals surface area (Å²) in [4.78, 5) is 21.6. The van der Waals surface area contributed by atoms with Crippen LogP contribution in [0.15, 0.2) is 104 Å². The number of pyridine rings is 3. The van der Waals surface area contributed by atoms with Crippen LogP contribution in [-0.2, 0) is 13.2 Å². The number of nitrogen functional groups attached to an aromatic ring is 4. The number of anilines is 4. The van der Waals surface area contributed by atoms with E-state index in [1.54, 1.807) is 54.9 Å². The van der Waals surface area contributed by atoms with Gasteiger partial charge in [-0.15, -0.1) is 0 Å². The Morgan fingerprint density at radius 3 is 1.62 bits per heavy atom. The SMILES string of the molecule is Nc1cccc(COc2cccnc2N)c1.Nc1ncccc1O.Nc1ncccc1OCc1cccc([N+](=O)[O-])c1. The quantitative estimate of drug-likeness (QED) is 0.105. The van der Waals surface area contributed by atoms with E-state index in [4.69, 9.17) is 37.5 Å². The van der Waals surface area contributed by atoms with E-state index < -0.39 is 4.92 Å². The molecule has 0 atom stereocenters. The zero-order chi connectivity index (χ0) is 30.3. The standard InChI is InChI=1S/C12H11N3O3.C12H13N3O.C5H6N2O/c13-12-11(5-2-6-14-12)18-8-9-3-1-4-10(7-9)15(16)17;13-10-4-1-3-9(7-10)8-16-11-5-2-6-15-12(11)14;6-5-4(8)2-1-3-7-5/h1-7H,8H2,(H2,13,14);1-7H,8,13H2,(H2,14,15);1-3,8H,(H2,6,7). The Morgan fingerprint density at radius 2 is 1.17 bits per heavy atom. The summed E-state index contributed by atoms with van der Waals surface area (Å²) >= 11 is 0. The highest BCUT2D eigenvalue weighted by Crippen LogP contribution is 2.21. The molecule has 216 valence electrons. The van der Waals surface area contributed by atoms with E-state index in [0.29, 0.717) is 35.3 Å². The molecule has 0 saturated heterocycles. The lowest BCUT2D eigenvalue weighted by atomic mass is 10.2. The molecule has 2 aromatic carbocycles. The molecule has 0 aliphatic heterocycles. The molecule has 0 unspecified atom stereocenters. The van der Waals surface area contributed by atoms with Crippen molar-refractivity contribution < 1.29 is 19.5 Å². The van der Waals surface area contributed by atoms with Crippen LogP contribution in [0.4, 0.5) is 28.8 Å². The summed E-state index contributed by atoms with van der Waals surface area (Å²) < 4.78 is 11.0. The number of rotatable bonds is 7. The third kappa shape index (κ3) is 9.89. The van der Waals surface area contributed by atoms with Gasteiger partial charge in [-0.2, -0.15) is 0 Å². The van der Waals surface area contributed by atoms with Gasteiger partial charge >= 0.3 is 0 Å². The van der Waals surface area contributed by atoms with Gasteiger partial charge in [0.15, 0.2) is 34.7 Å². The Balaban J connectivity index is 0.000000185. The zero-order valence-corrected chi connectivity index (χ0v) is 22.4. The molecule has 5 aromatic rings. The average Bonchev–Trinajstić information content (AvgIpc) is 2.99. The molecule has 0 bridgehead atoms. The van der Waals surface area contributed by atoms with Crippen LogP contribution in [0.2, 0.25) is 0 Å². The molecule has 13 nitrogen and oxygen atoms in total. The van der Waals surface area contributed by atoms with Gasteiger partial charge in [-0.25, -0.2) is 15.0 Å². The van der Waals surface area contributed by atoms with Crippen LogP contribution in [0.1, 0.15) is 11.1 Å². The molecular formula is C29H30N8O5. The fraction of sp³-hybridized carbons (Fsp3) is 0.0690. The van der Waals surface area contributed by atoms with Crippen molar-refractivity contribution in [2.24, 2.45) is 0 Å². The van der Waals surface area contributed by atoms with E-state index >= 15 is 0 Å². The number of benzene rings is 2. The highest BCUT2D eigenvalue weighted by atomic mass is 16.6. The normalized spacial score (nSPS) is 9.81. The highest BCUT2D eigenvalue weighted by Gasteiger charge is 2.07. The van der Waals surface area contributed by atoms with E-state index in [1.165, 1.54) is 24.4 Å². The number of nitro benzene ring substituents is 1. The van der Waals surface area contributed by atoms with Gasteiger partial charge in [0, 0.05) is 36.4 Å². The second-order valence-electron chi connectivity index (χ2n) is 8.43. The van der Waals surface area contributed by atoms with E-state index in [2.05, 4.69) is 15.0 Å². The topological polar surface area (TPSA) is 225 Å². The van der Waals surface area contributed by atoms with Crippen molar-refractivity contribution in [2.45, 2.75) is 13.2 Å². The van der Waals surface area contributed by atoms with Gasteiger partial charge in [-0.3, -0.25) is 10.1 Å². The first-order valence-electron chi connectivity index (χ1n) is 12.4. The molecule has 3 aromatic heterocycles. The van der Waals surface area contributed by atoms with Crippen molar-refractivity contribution in [3.05, 3.63) is 125 Å². The maximum atomic E-state index is 10.6. The number of nitrogens with zero attached hydrogens (tertiary/aromatic N) is 4. The molecule has 0 fully saturated rings. The van der Waals surface area contributed by atoms with Gasteiger partial charge in [-0.05, 0) is 59.7 Å². The largest absolute Gasteiger partial charge is 0.504 e. The summed E-state index contributed by atoms with van der Waals surface area (Å²) in [5, 5.41) is 19.3. The van der Waals surface area contributed by atoms with E-state index in [0.717, 1.165) is 11.3 Å². The predicted octanol–water partition coefficient (Wildman–Crippen LogP) is 4.35.